The zero-order chi connectivity index (χ0) is 32.1. The number of carbonyl (C=O) groups is 1. The number of hydrogen-bond donors (Lipinski definition) is 2. The third-order valence-electron chi connectivity index (χ3n) is 11.2. The molecule has 5 aliphatic rings. The van der Waals surface area contributed by atoms with Crippen LogP contribution < -0.4 is 10.6 Å². The first kappa shape index (κ1) is 31.4. The van der Waals surface area contributed by atoms with Crippen molar-refractivity contribution in [2.24, 2.45) is 10.8 Å². The minimum Gasteiger partial charge on any atom is -0.507 e. The number of phenolic OH excluding ortho intramolecular Hbond substituents is 1. The number of para-hydroxylation sites is 1. The van der Waals surface area contributed by atoms with Crippen LogP contribution in [0.25, 0.3) is 11.3 Å². The van der Waals surface area contributed by atoms with Gasteiger partial charge in [0.15, 0.2) is 5.82 Å². The van der Waals surface area contributed by atoms with Crippen molar-refractivity contribution in [3.63, 3.8) is 0 Å². The summed E-state index contributed by atoms with van der Waals surface area (Å²) in [6.45, 7) is 15.4. The van der Waals surface area contributed by atoms with Gasteiger partial charge in [0.25, 0.3) is 0 Å². The van der Waals surface area contributed by atoms with Crippen LogP contribution in [0.3, 0.4) is 0 Å². The molecular formula is C35H51N7O4. The molecule has 1 aliphatic carbocycles. The standard InChI is InChI=1S/C35H51N7O4/c1-33(2,3)46-32(44)41-14-8-34(9-15-41)19-25(20-34)42-16-17-45-26(22-42)21-39-23-35(24-39)10-12-40(13-11-35)29-18-28(37-38-31(29)36)27-6-4-5-7-30(27)43/h4-7,18,25-26,43H,8-17,19-24H2,1-3H3,(H2,36,38). The molecule has 5 fully saturated rings. The predicted octanol–water partition coefficient (Wildman–Crippen LogP) is 4.21. The smallest absolute Gasteiger partial charge is 0.410 e. The summed E-state index contributed by atoms with van der Waals surface area (Å²) >= 11 is 0. The molecule has 1 aromatic carbocycles. The number of hydrogen-bond acceptors (Lipinski definition) is 10. The molecule has 4 saturated heterocycles. The largest absolute Gasteiger partial charge is 0.507 e. The molecule has 1 amide bonds. The lowest BCUT2D eigenvalue weighted by molar-refractivity contribution is -0.117. The van der Waals surface area contributed by atoms with E-state index in [1.165, 1.54) is 12.8 Å². The predicted molar refractivity (Wildman–Crippen MR) is 178 cm³/mol. The molecule has 2 aromatic rings. The highest BCUT2D eigenvalue weighted by Crippen LogP contribution is 2.51. The topological polar surface area (TPSA) is 121 Å². The van der Waals surface area contributed by atoms with Crippen LogP contribution in [0.5, 0.6) is 5.75 Å². The van der Waals surface area contributed by atoms with E-state index in [1.807, 2.05) is 43.9 Å². The quantitative estimate of drug-likeness (QED) is 0.495. The number of nitrogens with zero attached hydrogens (tertiary/aromatic N) is 6. The Morgan fingerprint density at radius 3 is 2.41 bits per heavy atom. The van der Waals surface area contributed by atoms with Gasteiger partial charge in [0.2, 0.25) is 0 Å². The van der Waals surface area contributed by atoms with E-state index in [0.29, 0.717) is 33.9 Å². The average Bonchev–Trinajstić information content (AvgIpc) is 2.99. The SMILES string of the molecule is CC(C)(C)OC(=O)N1CCC2(CC1)CC(N1CCOC(CN3CC4(CCN(c5cc(-c6ccccc6O)nnc5N)CC4)C3)C1)C2. The summed E-state index contributed by atoms with van der Waals surface area (Å²) in [5.41, 5.74) is 8.81. The van der Waals surface area contributed by atoms with Crippen LogP contribution in [-0.4, -0.2) is 119 Å². The van der Waals surface area contributed by atoms with Gasteiger partial charge in [-0.1, -0.05) is 12.1 Å². The summed E-state index contributed by atoms with van der Waals surface area (Å²) in [6.07, 6.45) is 7.04. The van der Waals surface area contributed by atoms with Gasteiger partial charge < -0.3 is 30.1 Å². The lowest BCUT2D eigenvalue weighted by atomic mass is 9.60. The van der Waals surface area contributed by atoms with Crippen LogP contribution in [0.1, 0.15) is 59.3 Å². The monoisotopic (exact) mass is 633 g/mol. The Bertz CT molecular complexity index is 1400. The van der Waals surface area contributed by atoms with Gasteiger partial charge in [-0.3, -0.25) is 9.80 Å². The Kier molecular flexibility index (Phi) is 8.30. The fourth-order valence-electron chi connectivity index (χ4n) is 8.60. The molecular weight excluding hydrogens is 582 g/mol. The van der Waals surface area contributed by atoms with E-state index in [1.54, 1.807) is 12.1 Å². The van der Waals surface area contributed by atoms with Gasteiger partial charge in [0.05, 0.1) is 24.1 Å². The normalized spacial score (nSPS) is 25.3. The Morgan fingerprint density at radius 1 is 1.02 bits per heavy atom. The van der Waals surface area contributed by atoms with E-state index >= 15 is 0 Å². The van der Waals surface area contributed by atoms with E-state index < -0.39 is 5.60 Å². The number of morpholine rings is 1. The van der Waals surface area contributed by atoms with E-state index in [4.69, 9.17) is 15.2 Å². The van der Waals surface area contributed by atoms with Gasteiger partial charge in [-0.15, -0.1) is 10.2 Å². The first-order chi connectivity index (χ1) is 22.0. The summed E-state index contributed by atoms with van der Waals surface area (Å²) in [6, 6.07) is 9.82. The molecule has 0 bridgehead atoms. The summed E-state index contributed by atoms with van der Waals surface area (Å²) in [5.74, 6) is 0.631. The number of aromatic hydroxyl groups is 1. The van der Waals surface area contributed by atoms with E-state index in [2.05, 4.69) is 24.9 Å². The van der Waals surface area contributed by atoms with Crippen molar-refractivity contribution in [2.45, 2.75) is 77.0 Å². The molecule has 1 saturated carbocycles. The van der Waals surface area contributed by atoms with Crippen LogP contribution in [0.2, 0.25) is 0 Å². The van der Waals surface area contributed by atoms with Crippen molar-refractivity contribution < 1.29 is 19.4 Å². The molecule has 0 radical (unpaired) electrons. The molecule has 46 heavy (non-hydrogen) atoms. The summed E-state index contributed by atoms with van der Waals surface area (Å²) in [7, 11) is 0. The van der Waals surface area contributed by atoms with Crippen molar-refractivity contribution in [2.75, 3.05) is 76.1 Å². The van der Waals surface area contributed by atoms with Crippen LogP contribution in [0.15, 0.2) is 30.3 Å². The number of benzene rings is 1. The number of nitrogens with two attached hydrogens (primary N) is 1. The molecule has 1 unspecified atom stereocenters. The molecule has 250 valence electrons. The lowest BCUT2D eigenvalue weighted by Gasteiger charge is -2.57. The maximum Gasteiger partial charge on any atom is 0.410 e. The first-order valence-corrected chi connectivity index (χ1v) is 17.2. The summed E-state index contributed by atoms with van der Waals surface area (Å²) in [5, 5.41) is 18.8. The van der Waals surface area contributed by atoms with E-state index in [0.717, 1.165) is 96.9 Å². The molecule has 7 rings (SSSR count). The zero-order valence-electron chi connectivity index (χ0n) is 27.8. The number of ether oxygens (including phenoxy) is 2. The number of rotatable bonds is 5. The molecule has 11 nitrogen and oxygen atoms in total. The Hall–Kier alpha value is -3.15. The van der Waals surface area contributed by atoms with Gasteiger partial charge in [0, 0.05) is 70.5 Å². The number of amides is 1. The minimum absolute atomic E-state index is 0.164. The van der Waals surface area contributed by atoms with Crippen LogP contribution >= 0.6 is 0 Å². The van der Waals surface area contributed by atoms with E-state index in [-0.39, 0.29) is 17.9 Å². The van der Waals surface area contributed by atoms with Gasteiger partial charge >= 0.3 is 6.09 Å². The first-order valence-electron chi connectivity index (χ1n) is 17.2. The third-order valence-corrected chi connectivity index (χ3v) is 11.2. The fourth-order valence-corrected chi connectivity index (χ4v) is 8.60. The average molecular weight is 634 g/mol. The molecule has 3 N–H and O–H groups in total. The van der Waals surface area contributed by atoms with Crippen molar-refractivity contribution in [1.82, 2.24) is 24.9 Å². The second kappa shape index (κ2) is 12.1. The van der Waals surface area contributed by atoms with Gasteiger partial charge in [-0.05, 0) is 88.3 Å². The second-order valence-corrected chi connectivity index (χ2v) is 15.7. The van der Waals surface area contributed by atoms with E-state index in [9.17, 15) is 9.90 Å². The Labute approximate surface area is 273 Å². The minimum atomic E-state index is -0.441. The van der Waals surface area contributed by atoms with Gasteiger partial charge in [-0.2, -0.15) is 0 Å². The molecule has 2 spiro atoms. The molecule has 1 aromatic heterocycles. The maximum absolute atomic E-state index is 12.5. The number of likely N-dealkylation sites (tertiary alicyclic amines) is 2. The maximum atomic E-state index is 12.5. The van der Waals surface area contributed by atoms with Crippen molar-refractivity contribution in [1.29, 1.82) is 0 Å². The second-order valence-electron chi connectivity index (χ2n) is 15.7. The number of phenols is 1. The number of carbonyl (C=O) groups excluding carboxylic acids is 1. The lowest BCUT2D eigenvalue weighted by Crippen LogP contribution is -2.64. The molecule has 5 heterocycles. The van der Waals surface area contributed by atoms with Crippen molar-refractivity contribution >= 4 is 17.6 Å². The van der Waals surface area contributed by atoms with Crippen LogP contribution in [-0.2, 0) is 9.47 Å². The Morgan fingerprint density at radius 2 is 1.72 bits per heavy atom. The molecule has 1 atom stereocenters. The van der Waals surface area contributed by atoms with Crippen LogP contribution in [0, 0.1) is 10.8 Å². The van der Waals surface area contributed by atoms with Gasteiger partial charge in [-0.25, -0.2) is 4.79 Å². The number of aromatic nitrogens is 2. The highest BCUT2D eigenvalue weighted by molar-refractivity contribution is 5.74. The Balaban J connectivity index is 0.849. The summed E-state index contributed by atoms with van der Waals surface area (Å²) in [4.78, 5) is 22.0. The highest BCUT2D eigenvalue weighted by Gasteiger charge is 2.50. The fraction of sp³-hybridized carbons (Fsp3) is 0.686. The number of nitrogen functional groups attached to an aromatic ring is 1. The molecule has 4 aliphatic heterocycles. The van der Waals surface area contributed by atoms with Crippen LogP contribution in [0.4, 0.5) is 16.3 Å². The highest BCUT2D eigenvalue weighted by atomic mass is 16.6. The number of piperidine rings is 2. The van der Waals surface area contributed by atoms with Gasteiger partial charge in [0.1, 0.15) is 11.4 Å². The molecule has 11 heteroatoms. The number of anilines is 2. The zero-order valence-corrected chi connectivity index (χ0v) is 27.8. The van der Waals surface area contributed by atoms with Crippen molar-refractivity contribution in [3.05, 3.63) is 30.3 Å². The summed E-state index contributed by atoms with van der Waals surface area (Å²) < 4.78 is 11.9. The van der Waals surface area contributed by atoms with Crippen molar-refractivity contribution in [3.8, 4) is 17.0 Å². The third kappa shape index (κ3) is 6.51.